The van der Waals surface area contributed by atoms with Crippen LogP contribution in [-0.4, -0.2) is 24.1 Å². The van der Waals surface area contributed by atoms with Crippen LogP contribution < -0.4 is 4.52 Å². The van der Waals surface area contributed by atoms with Crippen molar-refractivity contribution in [3.8, 4) is 5.75 Å². The Morgan fingerprint density at radius 1 is 1.18 bits per heavy atom. The molecule has 0 saturated heterocycles. The monoisotopic (exact) mass is 329 g/mol. The Morgan fingerprint density at radius 3 is 2.18 bits per heavy atom. The Morgan fingerprint density at radius 2 is 1.73 bits per heavy atom. The van der Waals surface area contributed by atoms with Crippen LogP contribution in [0.3, 0.4) is 0 Å². The fraction of sp³-hybridized carbons (Fsp3) is 0.533. The predicted molar refractivity (Wildman–Crippen MR) is 86.1 cm³/mol. The van der Waals surface area contributed by atoms with Crippen LogP contribution in [0.5, 0.6) is 5.75 Å². The van der Waals surface area contributed by atoms with E-state index in [4.69, 9.17) is 18.8 Å². The number of nitrogens with zero attached hydrogens (tertiary/aromatic N) is 1. The Hall–Kier alpha value is -1.36. The van der Waals surface area contributed by atoms with Crippen molar-refractivity contribution in [3.05, 3.63) is 28.3 Å². The predicted octanol–water partition coefficient (Wildman–Crippen LogP) is 4.37. The van der Waals surface area contributed by atoms with Gasteiger partial charge in [0.1, 0.15) is 5.75 Å². The number of hydrogen-bond donors (Lipinski definition) is 1. The summed E-state index contributed by atoms with van der Waals surface area (Å²) in [6.07, 6.45) is 0. The third kappa shape index (κ3) is 4.09. The fourth-order valence-electron chi connectivity index (χ4n) is 2.43. The van der Waals surface area contributed by atoms with Crippen molar-refractivity contribution in [1.82, 2.24) is 0 Å². The largest absolute Gasteiger partial charge is 0.530 e. The van der Waals surface area contributed by atoms with Gasteiger partial charge in [-0.1, -0.05) is 11.2 Å². The van der Waals surface area contributed by atoms with Crippen molar-refractivity contribution in [1.29, 1.82) is 0 Å². The maximum atomic E-state index is 12.6. The topological polar surface area (TPSA) is 77.4 Å². The summed E-state index contributed by atoms with van der Waals surface area (Å²) < 4.78 is 28.5. The second-order valence-corrected chi connectivity index (χ2v) is 6.49. The third-order valence-electron chi connectivity index (χ3n) is 3.19. The van der Waals surface area contributed by atoms with Gasteiger partial charge in [-0.05, 0) is 52.7 Å². The highest BCUT2D eigenvalue weighted by Crippen LogP contribution is 2.51. The second kappa shape index (κ2) is 7.77. The van der Waals surface area contributed by atoms with E-state index in [0.29, 0.717) is 11.5 Å². The number of oxime groups is 1. The molecule has 0 bridgehead atoms. The summed E-state index contributed by atoms with van der Waals surface area (Å²) in [5.41, 5.74) is 3.70. The summed E-state index contributed by atoms with van der Waals surface area (Å²) in [5, 5.41) is 12.3. The highest BCUT2D eigenvalue weighted by molar-refractivity contribution is 7.48. The Kier molecular flexibility index (Phi) is 6.60. The first kappa shape index (κ1) is 18.7. The maximum Gasteiger partial charge on any atom is 0.530 e. The molecule has 0 saturated carbocycles. The van der Waals surface area contributed by atoms with Crippen molar-refractivity contribution >= 4 is 13.5 Å². The molecule has 6 nitrogen and oxygen atoms in total. The molecule has 124 valence electrons. The van der Waals surface area contributed by atoms with Gasteiger partial charge in [0.15, 0.2) is 0 Å². The second-order valence-electron chi connectivity index (χ2n) is 4.90. The number of phosphoric ester groups is 1. The first-order valence-corrected chi connectivity index (χ1v) is 8.64. The van der Waals surface area contributed by atoms with Gasteiger partial charge in [-0.3, -0.25) is 9.05 Å². The molecule has 0 aliphatic heterocycles. The van der Waals surface area contributed by atoms with Crippen LogP contribution in [0.4, 0.5) is 0 Å². The Balaban J connectivity index is 3.39. The highest BCUT2D eigenvalue weighted by atomic mass is 31.2. The first-order valence-electron chi connectivity index (χ1n) is 7.18. The molecule has 0 aliphatic rings. The van der Waals surface area contributed by atoms with Crippen LogP contribution >= 0.6 is 7.82 Å². The molecule has 0 amide bonds. The molecule has 0 fully saturated rings. The molecule has 7 heteroatoms. The molecule has 1 rings (SSSR count). The van der Waals surface area contributed by atoms with Gasteiger partial charge < -0.3 is 9.73 Å². The summed E-state index contributed by atoms with van der Waals surface area (Å²) in [6.45, 7) is 11.2. The van der Waals surface area contributed by atoms with Gasteiger partial charge in [-0.25, -0.2) is 4.57 Å². The van der Waals surface area contributed by atoms with Crippen LogP contribution in [0.25, 0.3) is 0 Å². The van der Waals surface area contributed by atoms with E-state index in [1.165, 1.54) is 0 Å². The van der Waals surface area contributed by atoms with Gasteiger partial charge in [-0.15, -0.1) is 0 Å². The summed E-state index contributed by atoms with van der Waals surface area (Å²) in [5.74, 6) is 0.425. The van der Waals surface area contributed by atoms with E-state index in [9.17, 15) is 4.57 Å². The Bertz CT molecular complexity index is 602. The molecular weight excluding hydrogens is 305 g/mol. The molecular formula is C15H24NO5P. The van der Waals surface area contributed by atoms with Crippen molar-refractivity contribution in [2.75, 3.05) is 13.2 Å². The molecule has 0 heterocycles. The van der Waals surface area contributed by atoms with Crippen LogP contribution in [0, 0.1) is 20.8 Å². The van der Waals surface area contributed by atoms with Crippen molar-refractivity contribution in [2.24, 2.45) is 5.16 Å². The number of benzene rings is 1. The standard InChI is InChI=1S/C15H24NO5P/c1-7-19-22(18,20-8-2)21-15-11(4)9-10(3)14(12(15)5)13(6)16-17/h9,17H,7-8H2,1-6H3. The average molecular weight is 329 g/mol. The summed E-state index contributed by atoms with van der Waals surface area (Å²) in [4.78, 5) is 0. The molecule has 0 unspecified atom stereocenters. The highest BCUT2D eigenvalue weighted by Gasteiger charge is 2.29. The quantitative estimate of drug-likeness (QED) is 0.348. The van der Waals surface area contributed by atoms with Crippen LogP contribution in [0.15, 0.2) is 11.2 Å². The lowest BCUT2D eigenvalue weighted by molar-refractivity contribution is 0.167. The Labute approximate surface area is 131 Å². The summed E-state index contributed by atoms with van der Waals surface area (Å²) in [7, 11) is -3.67. The third-order valence-corrected chi connectivity index (χ3v) is 4.75. The van der Waals surface area contributed by atoms with E-state index >= 15 is 0 Å². The summed E-state index contributed by atoms with van der Waals surface area (Å²) in [6, 6.07) is 1.88. The average Bonchev–Trinajstić information content (AvgIpc) is 2.43. The molecule has 22 heavy (non-hydrogen) atoms. The zero-order chi connectivity index (χ0) is 16.9. The minimum absolute atomic E-state index is 0.214. The van der Waals surface area contributed by atoms with E-state index in [0.717, 1.165) is 22.3 Å². The lowest BCUT2D eigenvalue weighted by Gasteiger charge is -2.22. The van der Waals surface area contributed by atoms with Crippen LogP contribution in [-0.2, 0) is 13.6 Å². The van der Waals surface area contributed by atoms with E-state index < -0.39 is 7.82 Å². The molecule has 0 aromatic heterocycles. The molecule has 0 spiro atoms. The molecule has 0 radical (unpaired) electrons. The van der Waals surface area contributed by atoms with Gasteiger partial charge in [0.2, 0.25) is 0 Å². The minimum Gasteiger partial charge on any atom is -0.411 e. The van der Waals surface area contributed by atoms with Gasteiger partial charge in [0, 0.05) is 11.1 Å². The van der Waals surface area contributed by atoms with Gasteiger partial charge in [0.25, 0.3) is 0 Å². The van der Waals surface area contributed by atoms with E-state index in [1.807, 2.05) is 26.8 Å². The van der Waals surface area contributed by atoms with Crippen molar-refractivity contribution in [2.45, 2.75) is 41.5 Å². The SMILES string of the molecule is CCOP(=O)(OCC)Oc1c(C)cc(C)c(C(C)=NO)c1C. The molecule has 1 aromatic rings. The fourth-order valence-corrected chi connectivity index (χ4v) is 3.75. The van der Waals surface area contributed by atoms with Gasteiger partial charge in [0.05, 0.1) is 18.9 Å². The molecule has 0 aliphatic carbocycles. The van der Waals surface area contributed by atoms with Gasteiger partial charge in [-0.2, -0.15) is 0 Å². The lowest BCUT2D eigenvalue weighted by Crippen LogP contribution is -2.08. The molecule has 1 aromatic carbocycles. The van der Waals surface area contributed by atoms with E-state index in [2.05, 4.69) is 5.16 Å². The summed E-state index contributed by atoms with van der Waals surface area (Å²) >= 11 is 0. The van der Waals surface area contributed by atoms with Crippen molar-refractivity contribution < 1.29 is 23.3 Å². The smallest absolute Gasteiger partial charge is 0.411 e. The van der Waals surface area contributed by atoms with Crippen LogP contribution in [0.2, 0.25) is 0 Å². The minimum atomic E-state index is -3.67. The number of phosphoric acid groups is 1. The van der Waals surface area contributed by atoms with E-state index in [1.54, 1.807) is 20.8 Å². The van der Waals surface area contributed by atoms with Crippen LogP contribution in [0.1, 0.15) is 43.0 Å². The molecule has 1 N–H and O–H groups in total. The van der Waals surface area contributed by atoms with Crippen molar-refractivity contribution in [3.63, 3.8) is 0 Å². The zero-order valence-electron chi connectivity index (χ0n) is 14.0. The van der Waals surface area contributed by atoms with E-state index in [-0.39, 0.29) is 13.2 Å². The maximum absolute atomic E-state index is 12.6. The number of hydrogen-bond acceptors (Lipinski definition) is 6. The zero-order valence-corrected chi connectivity index (χ0v) is 14.9. The lowest BCUT2D eigenvalue weighted by atomic mass is 9.95. The number of rotatable bonds is 7. The first-order chi connectivity index (χ1) is 10.3. The molecule has 0 atom stereocenters. The van der Waals surface area contributed by atoms with Gasteiger partial charge >= 0.3 is 7.82 Å². The normalized spacial score (nSPS) is 12.5. The number of aryl methyl sites for hydroxylation is 2.